The first-order valence-electron chi connectivity index (χ1n) is 5.78. The van der Waals surface area contributed by atoms with Crippen LogP contribution in [0.15, 0.2) is 18.7 Å². The van der Waals surface area contributed by atoms with Gasteiger partial charge < -0.3 is 4.90 Å². The molecule has 0 amide bonds. The van der Waals surface area contributed by atoms with E-state index in [2.05, 4.69) is 23.6 Å². The normalized spacial score (nSPS) is 16.1. The molecule has 0 N–H and O–H groups in total. The van der Waals surface area contributed by atoms with Crippen LogP contribution in [0.5, 0.6) is 0 Å². The lowest BCUT2D eigenvalue weighted by molar-refractivity contribution is 0.575. The molecule has 0 saturated carbocycles. The molecule has 5 nitrogen and oxygen atoms in total. The molecule has 6 heteroatoms. The van der Waals surface area contributed by atoms with Crippen LogP contribution >= 0.6 is 11.7 Å². The monoisotopic (exact) mass is 247 g/mol. The number of piperidine rings is 1. The van der Waals surface area contributed by atoms with E-state index in [-0.39, 0.29) is 0 Å². The summed E-state index contributed by atoms with van der Waals surface area (Å²) >= 11 is 1.26. The quantitative estimate of drug-likeness (QED) is 0.812. The Bertz CT molecular complexity index is 478. The minimum absolute atomic E-state index is 0.914. The molecule has 3 heterocycles. The van der Waals surface area contributed by atoms with E-state index >= 15 is 0 Å². The lowest BCUT2D eigenvalue weighted by atomic mass is 10.1. The van der Waals surface area contributed by atoms with E-state index in [1.165, 1.54) is 37.3 Å². The van der Waals surface area contributed by atoms with Gasteiger partial charge in [0.05, 0.1) is 11.7 Å². The van der Waals surface area contributed by atoms with Gasteiger partial charge in [-0.25, -0.2) is 9.97 Å². The second-order valence-corrected chi connectivity index (χ2v) is 4.64. The molecular formula is C11H13N5S. The van der Waals surface area contributed by atoms with Crippen molar-refractivity contribution in [2.45, 2.75) is 19.3 Å². The van der Waals surface area contributed by atoms with Crippen LogP contribution in [-0.2, 0) is 0 Å². The Hall–Kier alpha value is -1.56. The summed E-state index contributed by atoms with van der Waals surface area (Å²) in [6.45, 7) is 2.15. The van der Waals surface area contributed by atoms with Crippen molar-refractivity contribution in [2.75, 3.05) is 18.0 Å². The van der Waals surface area contributed by atoms with Gasteiger partial charge in [-0.1, -0.05) is 0 Å². The van der Waals surface area contributed by atoms with Crippen molar-refractivity contribution in [3.63, 3.8) is 0 Å². The molecule has 1 aliphatic rings. The minimum Gasteiger partial charge on any atom is -0.354 e. The van der Waals surface area contributed by atoms with E-state index in [1.807, 2.05) is 0 Å². The first-order valence-corrected chi connectivity index (χ1v) is 6.51. The Balaban J connectivity index is 1.93. The largest absolute Gasteiger partial charge is 0.354 e. The molecule has 1 saturated heterocycles. The summed E-state index contributed by atoms with van der Waals surface area (Å²) in [7, 11) is 0. The molecule has 3 rings (SSSR count). The third-order valence-corrected chi connectivity index (χ3v) is 3.48. The lowest BCUT2D eigenvalue weighted by Gasteiger charge is -2.26. The van der Waals surface area contributed by atoms with Crippen molar-refractivity contribution in [3.05, 3.63) is 18.7 Å². The fourth-order valence-corrected chi connectivity index (χ4v) is 2.69. The molecule has 0 bridgehead atoms. The van der Waals surface area contributed by atoms with Crippen LogP contribution in [0.25, 0.3) is 11.3 Å². The second kappa shape index (κ2) is 4.75. The zero-order chi connectivity index (χ0) is 11.5. The smallest absolute Gasteiger partial charge is 0.170 e. The number of hydrogen-bond donors (Lipinski definition) is 0. The highest BCUT2D eigenvalue weighted by atomic mass is 32.1. The fourth-order valence-electron chi connectivity index (χ4n) is 2.10. The van der Waals surface area contributed by atoms with Gasteiger partial charge in [0.25, 0.3) is 0 Å². The fraction of sp³-hybridized carbons (Fsp3) is 0.455. The molecule has 0 unspecified atom stereocenters. The summed E-state index contributed by atoms with van der Waals surface area (Å²) in [5.74, 6) is 0.990. The standard InChI is InChI=1S/C11H13N5S/c1-2-4-16(5-3-1)11-10(14-17-15-11)9-6-12-8-13-7-9/h6-8H,1-5H2. The van der Waals surface area contributed by atoms with Gasteiger partial charge in [-0.15, -0.1) is 0 Å². The summed E-state index contributed by atoms with van der Waals surface area (Å²) in [4.78, 5) is 10.4. The van der Waals surface area contributed by atoms with E-state index < -0.39 is 0 Å². The van der Waals surface area contributed by atoms with Crippen LogP contribution in [0, 0.1) is 0 Å². The van der Waals surface area contributed by atoms with Gasteiger partial charge in [-0.3, -0.25) is 0 Å². The predicted octanol–water partition coefficient (Wildman–Crippen LogP) is 1.99. The number of aromatic nitrogens is 4. The lowest BCUT2D eigenvalue weighted by Crippen LogP contribution is -2.30. The maximum Gasteiger partial charge on any atom is 0.170 e. The van der Waals surface area contributed by atoms with Crippen LogP contribution in [0.3, 0.4) is 0 Å². The summed E-state index contributed by atoms with van der Waals surface area (Å²) < 4.78 is 8.79. The van der Waals surface area contributed by atoms with Crippen molar-refractivity contribution in [1.82, 2.24) is 18.7 Å². The number of rotatable bonds is 2. The van der Waals surface area contributed by atoms with Crippen molar-refractivity contribution >= 4 is 17.5 Å². The van der Waals surface area contributed by atoms with Crippen molar-refractivity contribution in [3.8, 4) is 11.3 Å². The van der Waals surface area contributed by atoms with Crippen molar-refractivity contribution in [1.29, 1.82) is 0 Å². The molecular weight excluding hydrogens is 234 g/mol. The zero-order valence-electron chi connectivity index (χ0n) is 9.41. The van der Waals surface area contributed by atoms with E-state index in [0.29, 0.717) is 0 Å². The van der Waals surface area contributed by atoms with Crippen LogP contribution < -0.4 is 4.90 Å². The van der Waals surface area contributed by atoms with Gasteiger partial charge >= 0.3 is 0 Å². The SMILES string of the molecule is c1ncc(-c2nsnc2N2CCCCC2)cn1. The Morgan fingerprint density at radius 2 is 1.76 bits per heavy atom. The summed E-state index contributed by atoms with van der Waals surface area (Å²) in [5.41, 5.74) is 1.86. The topological polar surface area (TPSA) is 54.8 Å². The van der Waals surface area contributed by atoms with E-state index in [0.717, 1.165) is 30.2 Å². The summed E-state index contributed by atoms with van der Waals surface area (Å²) in [6, 6.07) is 0. The highest BCUT2D eigenvalue weighted by Crippen LogP contribution is 2.29. The van der Waals surface area contributed by atoms with Crippen LogP contribution in [-0.4, -0.2) is 31.8 Å². The number of anilines is 1. The van der Waals surface area contributed by atoms with E-state index in [9.17, 15) is 0 Å². The summed E-state index contributed by atoms with van der Waals surface area (Å²) in [5, 5.41) is 0. The molecule has 0 aromatic carbocycles. The van der Waals surface area contributed by atoms with Crippen LogP contribution in [0.2, 0.25) is 0 Å². The maximum atomic E-state index is 4.42. The van der Waals surface area contributed by atoms with Gasteiger partial charge in [0.1, 0.15) is 12.0 Å². The molecule has 1 fully saturated rings. The third kappa shape index (κ3) is 2.12. The molecule has 0 aliphatic carbocycles. The molecule has 17 heavy (non-hydrogen) atoms. The molecule has 88 valence electrons. The molecule has 0 spiro atoms. The van der Waals surface area contributed by atoms with Gasteiger partial charge in [-0.2, -0.15) is 8.75 Å². The molecule has 1 aliphatic heterocycles. The Morgan fingerprint density at radius 3 is 2.53 bits per heavy atom. The Morgan fingerprint density at radius 1 is 1.00 bits per heavy atom. The highest BCUT2D eigenvalue weighted by molar-refractivity contribution is 6.99. The van der Waals surface area contributed by atoms with Gasteiger partial charge in [0.2, 0.25) is 0 Å². The second-order valence-electron chi connectivity index (χ2n) is 4.11. The average molecular weight is 247 g/mol. The third-order valence-electron chi connectivity index (χ3n) is 2.96. The Labute approximate surface area is 104 Å². The summed E-state index contributed by atoms with van der Waals surface area (Å²) in [6.07, 6.45) is 8.90. The maximum absolute atomic E-state index is 4.42. The number of hydrogen-bond acceptors (Lipinski definition) is 6. The van der Waals surface area contributed by atoms with Gasteiger partial charge in [0.15, 0.2) is 5.82 Å². The first-order chi connectivity index (χ1) is 8.45. The van der Waals surface area contributed by atoms with Crippen LogP contribution in [0.1, 0.15) is 19.3 Å². The van der Waals surface area contributed by atoms with E-state index in [1.54, 1.807) is 12.4 Å². The van der Waals surface area contributed by atoms with Gasteiger partial charge in [0, 0.05) is 31.0 Å². The predicted molar refractivity (Wildman–Crippen MR) is 67.0 cm³/mol. The molecule has 0 radical (unpaired) electrons. The molecule has 2 aromatic heterocycles. The highest BCUT2D eigenvalue weighted by Gasteiger charge is 2.19. The van der Waals surface area contributed by atoms with E-state index in [4.69, 9.17) is 0 Å². The Kier molecular flexibility index (Phi) is 2.96. The molecule has 0 atom stereocenters. The van der Waals surface area contributed by atoms with Crippen LogP contribution in [0.4, 0.5) is 5.82 Å². The zero-order valence-corrected chi connectivity index (χ0v) is 10.2. The van der Waals surface area contributed by atoms with Crippen molar-refractivity contribution < 1.29 is 0 Å². The first kappa shape index (κ1) is 10.6. The number of nitrogens with zero attached hydrogens (tertiary/aromatic N) is 5. The van der Waals surface area contributed by atoms with Gasteiger partial charge in [-0.05, 0) is 19.3 Å². The van der Waals surface area contributed by atoms with Crippen molar-refractivity contribution in [2.24, 2.45) is 0 Å². The minimum atomic E-state index is 0.914. The molecule has 2 aromatic rings. The average Bonchev–Trinajstić information content (AvgIpc) is 2.90.